The van der Waals surface area contributed by atoms with Crippen LogP contribution in [0.2, 0.25) is 0 Å². The van der Waals surface area contributed by atoms with E-state index in [9.17, 15) is 22.8 Å². The monoisotopic (exact) mass is 319 g/mol. The first-order valence-electron chi connectivity index (χ1n) is 6.34. The Morgan fingerprint density at radius 2 is 1.86 bits per heavy atom. The molecule has 1 saturated heterocycles. The van der Waals surface area contributed by atoms with Gasteiger partial charge in [0.2, 0.25) is 0 Å². The number of likely N-dealkylation sites (tertiary alicyclic amines) is 1. The zero-order chi connectivity index (χ0) is 16.3. The first kappa shape index (κ1) is 15.9. The predicted octanol–water partition coefficient (Wildman–Crippen LogP) is 2.68. The highest BCUT2D eigenvalue weighted by Gasteiger charge is 2.36. The molecular formula is C13H12F3NO5. The van der Waals surface area contributed by atoms with Crippen molar-refractivity contribution in [2.24, 2.45) is 0 Å². The van der Waals surface area contributed by atoms with Crippen molar-refractivity contribution in [2.45, 2.75) is 25.1 Å². The summed E-state index contributed by atoms with van der Waals surface area (Å²) in [5.74, 6) is -0.999. The van der Waals surface area contributed by atoms with Crippen molar-refractivity contribution in [1.82, 2.24) is 4.90 Å². The summed E-state index contributed by atoms with van der Waals surface area (Å²) in [6.45, 7) is 0.218. The third-order valence-electron chi connectivity index (χ3n) is 3.17. The van der Waals surface area contributed by atoms with Gasteiger partial charge in [0.1, 0.15) is 6.04 Å². The highest BCUT2D eigenvalue weighted by Crippen LogP contribution is 2.30. The Morgan fingerprint density at radius 3 is 2.41 bits per heavy atom. The van der Waals surface area contributed by atoms with Crippen LogP contribution in [0, 0.1) is 0 Å². The molecule has 0 unspecified atom stereocenters. The van der Waals surface area contributed by atoms with Crippen molar-refractivity contribution in [3.05, 3.63) is 29.8 Å². The van der Waals surface area contributed by atoms with Gasteiger partial charge in [-0.1, -0.05) is 0 Å². The molecule has 0 spiro atoms. The van der Waals surface area contributed by atoms with E-state index in [0.29, 0.717) is 12.8 Å². The molecule has 1 atom stereocenters. The van der Waals surface area contributed by atoms with Crippen molar-refractivity contribution in [1.29, 1.82) is 0 Å². The standard InChI is InChI=1S/C13H12F3NO5/c14-13(15,16)8-3-5-9(6-4-8)21-22-11(18)10-2-1-7-17(10)12(19)20/h3-6,10H,1-2,7H2,(H,19,20)/t10-/m0/s1. The van der Waals surface area contributed by atoms with Crippen molar-refractivity contribution < 1.29 is 37.6 Å². The fourth-order valence-corrected chi connectivity index (χ4v) is 2.08. The van der Waals surface area contributed by atoms with E-state index in [1.807, 2.05) is 0 Å². The maximum Gasteiger partial charge on any atom is 0.416 e. The van der Waals surface area contributed by atoms with Gasteiger partial charge in [-0.05, 0) is 37.1 Å². The molecule has 1 aromatic carbocycles. The lowest BCUT2D eigenvalue weighted by Gasteiger charge is -2.18. The molecule has 22 heavy (non-hydrogen) atoms. The van der Waals surface area contributed by atoms with Crippen LogP contribution in [0.4, 0.5) is 18.0 Å². The SMILES string of the molecule is O=C(OOc1ccc(C(F)(F)F)cc1)[C@@H]1CCCN1C(=O)O. The summed E-state index contributed by atoms with van der Waals surface area (Å²) in [6.07, 6.45) is -4.89. The second-order valence-electron chi connectivity index (χ2n) is 4.64. The second kappa shape index (κ2) is 6.12. The van der Waals surface area contributed by atoms with Crippen LogP contribution in [-0.2, 0) is 15.9 Å². The molecular weight excluding hydrogens is 307 g/mol. The summed E-state index contributed by atoms with van der Waals surface area (Å²) >= 11 is 0. The average Bonchev–Trinajstić information content (AvgIpc) is 2.94. The minimum atomic E-state index is -4.47. The van der Waals surface area contributed by atoms with Crippen LogP contribution >= 0.6 is 0 Å². The molecule has 0 bridgehead atoms. The molecule has 1 amide bonds. The number of benzene rings is 1. The van der Waals surface area contributed by atoms with Crippen molar-refractivity contribution in [2.75, 3.05) is 6.54 Å². The minimum absolute atomic E-state index is 0.0961. The second-order valence-corrected chi connectivity index (χ2v) is 4.64. The Kier molecular flexibility index (Phi) is 4.43. The molecule has 6 nitrogen and oxygen atoms in total. The van der Waals surface area contributed by atoms with Crippen LogP contribution in [0.5, 0.6) is 5.75 Å². The number of carboxylic acid groups (broad SMARTS) is 1. The van der Waals surface area contributed by atoms with E-state index in [0.717, 1.165) is 29.2 Å². The average molecular weight is 319 g/mol. The normalized spacial score (nSPS) is 18.1. The summed E-state index contributed by atoms with van der Waals surface area (Å²) in [5.41, 5.74) is -0.862. The zero-order valence-corrected chi connectivity index (χ0v) is 11.2. The van der Waals surface area contributed by atoms with E-state index < -0.39 is 29.8 Å². The Morgan fingerprint density at radius 1 is 1.23 bits per heavy atom. The number of amides is 1. The Labute approximate surface area is 123 Å². The summed E-state index contributed by atoms with van der Waals surface area (Å²) in [5, 5.41) is 8.90. The highest BCUT2D eigenvalue weighted by atomic mass is 19.4. The predicted molar refractivity (Wildman–Crippen MR) is 65.9 cm³/mol. The van der Waals surface area contributed by atoms with Crippen LogP contribution in [0.3, 0.4) is 0 Å². The summed E-state index contributed by atoms with van der Waals surface area (Å²) in [4.78, 5) is 32.7. The molecule has 0 aromatic heterocycles. The Bertz CT molecular complexity index is 558. The van der Waals surface area contributed by atoms with Crippen molar-refractivity contribution in [3.63, 3.8) is 0 Å². The van der Waals surface area contributed by atoms with Gasteiger partial charge in [-0.15, -0.1) is 0 Å². The number of carbonyl (C=O) groups is 2. The van der Waals surface area contributed by atoms with E-state index in [1.54, 1.807) is 0 Å². The van der Waals surface area contributed by atoms with Gasteiger partial charge in [0, 0.05) is 6.54 Å². The zero-order valence-electron chi connectivity index (χ0n) is 11.2. The van der Waals surface area contributed by atoms with Crippen molar-refractivity contribution in [3.8, 4) is 5.75 Å². The van der Waals surface area contributed by atoms with Crippen LogP contribution < -0.4 is 4.89 Å². The molecule has 1 aliphatic heterocycles. The summed E-state index contributed by atoms with van der Waals surface area (Å²) in [7, 11) is 0. The summed E-state index contributed by atoms with van der Waals surface area (Å²) in [6, 6.07) is 2.59. The molecule has 1 aromatic rings. The number of hydrogen-bond donors (Lipinski definition) is 1. The molecule has 1 heterocycles. The molecule has 0 aliphatic carbocycles. The molecule has 0 radical (unpaired) electrons. The topological polar surface area (TPSA) is 76.1 Å². The first-order valence-corrected chi connectivity index (χ1v) is 6.34. The number of nitrogens with zero attached hydrogens (tertiary/aromatic N) is 1. The molecule has 1 N–H and O–H groups in total. The number of carbonyl (C=O) groups excluding carboxylic acids is 1. The van der Waals surface area contributed by atoms with Gasteiger partial charge in [-0.25, -0.2) is 14.5 Å². The third kappa shape index (κ3) is 3.60. The van der Waals surface area contributed by atoms with E-state index in [2.05, 4.69) is 9.78 Å². The van der Waals surface area contributed by atoms with Gasteiger partial charge in [0.05, 0.1) is 5.56 Å². The largest absolute Gasteiger partial charge is 0.465 e. The van der Waals surface area contributed by atoms with Crippen LogP contribution in [-0.4, -0.2) is 34.7 Å². The van der Waals surface area contributed by atoms with Gasteiger partial charge < -0.3 is 5.11 Å². The smallest absolute Gasteiger partial charge is 0.416 e. The maximum absolute atomic E-state index is 12.4. The first-order chi connectivity index (χ1) is 10.3. The van der Waals surface area contributed by atoms with Crippen LogP contribution in [0.15, 0.2) is 24.3 Å². The number of halogens is 3. The number of alkyl halides is 3. The van der Waals surface area contributed by atoms with Gasteiger partial charge in [0.25, 0.3) is 0 Å². The van der Waals surface area contributed by atoms with Gasteiger partial charge >= 0.3 is 18.2 Å². The quantitative estimate of drug-likeness (QED) is 0.685. The Balaban J connectivity index is 1.92. The molecule has 1 fully saturated rings. The lowest BCUT2D eigenvalue weighted by atomic mass is 10.2. The van der Waals surface area contributed by atoms with Crippen LogP contribution in [0.25, 0.3) is 0 Å². The van der Waals surface area contributed by atoms with Gasteiger partial charge in [0.15, 0.2) is 5.75 Å². The van der Waals surface area contributed by atoms with Crippen LogP contribution in [0.1, 0.15) is 18.4 Å². The van der Waals surface area contributed by atoms with Gasteiger partial charge in [-0.3, -0.25) is 9.79 Å². The molecule has 120 valence electrons. The molecule has 0 saturated carbocycles. The third-order valence-corrected chi connectivity index (χ3v) is 3.17. The number of rotatable bonds is 3. The van der Waals surface area contributed by atoms with E-state index in [4.69, 9.17) is 5.11 Å². The number of hydrogen-bond acceptors (Lipinski definition) is 4. The lowest BCUT2D eigenvalue weighted by Crippen LogP contribution is -2.40. The Hall–Kier alpha value is -2.45. The molecule has 1 aliphatic rings. The van der Waals surface area contributed by atoms with E-state index >= 15 is 0 Å². The maximum atomic E-state index is 12.4. The fraction of sp³-hybridized carbons (Fsp3) is 0.385. The molecule has 2 rings (SSSR count). The highest BCUT2D eigenvalue weighted by molar-refractivity contribution is 5.81. The summed E-state index contributed by atoms with van der Waals surface area (Å²) < 4.78 is 37.1. The molecule has 9 heteroatoms. The van der Waals surface area contributed by atoms with Gasteiger partial charge in [-0.2, -0.15) is 13.2 Å². The van der Waals surface area contributed by atoms with E-state index in [-0.39, 0.29) is 12.3 Å². The minimum Gasteiger partial charge on any atom is -0.465 e. The van der Waals surface area contributed by atoms with E-state index in [1.165, 1.54) is 0 Å². The fourth-order valence-electron chi connectivity index (χ4n) is 2.08. The lowest BCUT2D eigenvalue weighted by molar-refractivity contribution is -0.218. The van der Waals surface area contributed by atoms with Crippen molar-refractivity contribution >= 4 is 12.1 Å².